The van der Waals surface area contributed by atoms with Gasteiger partial charge in [-0.05, 0) is 55.3 Å². The van der Waals surface area contributed by atoms with Crippen LogP contribution in [0.1, 0.15) is 35.7 Å². The number of aromatic nitrogens is 2. The van der Waals surface area contributed by atoms with E-state index in [4.69, 9.17) is 10.2 Å². The number of nitrogens with one attached hydrogen (secondary N) is 2. The van der Waals surface area contributed by atoms with E-state index in [2.05, 4.69) is 15.3 Å². The lowest BCUT2D eigenvalue weighted by Gasteiger charge is -2.23. The van der Waals surface area contributed by atoms with Gasteiger partial charge in [0.2, 0.25) is 22.3 Å². The smallest absolute Gasteiger partial charge is 0.248 e. The molecule has 13 nitrogen and oxygen atoms in total. The number of fused-ring (bicyclic) bond motifs is 3. The van der Waals surface area contributed by atoms with Gasteiger partial charge in [0.05, 0.1) is 12.5 Å². The predicted octanol–water partition coefficient (Wildman–Crippen LogP) is 1.95. The van der Waals surface area contributed by atoms with E-state index in [-0.39, 0.29) is 18.9 Å². The van der Waals surface area contributed by atoms with Crippen LogP contribution in [-0.4, -0.2) is 73.1 Å². The van der Waals surface area contributed by atoms with Crippen molar-refractivity contribution >= 4 is 54.7 Å². The molecule has 0 unspecified atom stereocenters. The SMILES string of the molecule is CCN(CCC(=O)S(=O)(=O)[O-])c1ccc2nc3ccc(=[N+](C)CCC(=O)NCCc4c[nH]c5ccc(C(N)=O)cc45)cc-3oc2c1. The fourth-order valence-corrected chi connectivity index (χ4v) is 5.56. The van der Waals surface area contributed by atoms with Crippen molar-refractivity contribution < 1.29 is 31.8 Å². The Balaban J connectivity index is 1.24. The molecule has 0 saturated heterocycles. The number of carbonyl (C=O) groups excluding carboxylic acids is 3. The first-order valence-corrected chi connectivity index (χ1v) is 16.1. The molecule has 14 heteroatoms. The number of anilines is 1. The Labute approximate surface area is 264 Å². The average molecular weight is 647 g/mol. The van der Waals surface area contributed by atoms with Gasteiger partial charge in [0, 0.05) is 66.5 Å². The number of H-pyrrole nitrogens is 1. The predicted molar refractivity (Wildman–Crippen MR) is 172 cm³/mol. The molecule has 0 saturated carbocycles. The highest BCUT2D eigenvalue weighted by atomic mass is 32.2. The molecule has 5 rings (SSSR count). The Hall–Kier alpha value is -5.08. The van der Waals surface area contributed by atoms with Gasteiger partial charge in [0.15, 0.2) is 28.0 Å². The van der Waals surface area contributed by atoms with Gasteiger partial charge in [-0.3, -0.25) is 14.4 Å². The topological polar surface area (TPSA) is 195 Å². The zero-order valence-corrected chi connectivity index (χ0v) is 26.2. The second kappa shape index (κ2) is 13.5. The maximum Gasteiger partial charge on any atom is 0.248 e. The largest absolute Gasteiger partial charge is 0.742 e. The van der Waals surface area contributed by atoms with E-state index < -0.39 is 27.6 Å². The minimum Gasteiger partial charge on any atom is -0.742 e. The summed E-state index contributed by atoms with van der Waals surface area (Å²) in [6.07, 6.45) is 2.32. The molecule has 1 aliphatic carbocycles. The number of nitrogens with two attached hydrogens (primary N) is 1. The van der Waals surface area contributed by atoms with Crippen LogP contribution >= 0.6 is 0 Å². The summed E-state index contributed by atoms with van der Waals surface area (Å²) in [5, 5.41) is 3.34. The second-order valence-corrected chi connectivity index (χ2v) is 12.2. The third-order valence-corrected chi connectivity index (χ3v) is 8.60. The third kappa shape index (κ3) is 7.41. The van der Waals surface area contributed by atoms with E-state index in [1.807, 2.05) is 49.0 Å². The highest BCUT2D eigenvalue weighted by Crippen LogP contribution is 2.27. The minimum absolute atomic E-state index is 0.0622. The van der Waals surface area contributed by atoms with Gasteiger partial charge in [-0.25, -0.2) is 18.0 Å². The second-order valence-electron chi connectivity index (χ2n) is 10.9. The fourth-order valence-electron chi connectivity index (χ4n) is 5.22. The molecule has 2 aromatic carbocycles. The normalized spacial score (nSPS) is 12.4. The number of benzene rings is 3. The minimum atomic E-state index is -4.97. The number of primary amides is 1. The third-order valence-electron chi connectivity index (χ3n) is 7.84. The van der Waals surface area contributed by atoms with Gasteiger partial charge in [0.1, 0.15) is 18.3 Å². The van der Waals surface area contributed by atoms with Gasteiger partial charge in [-0.15, -0.1) is 0 Å². The summed E-state index contributed by atoms with van der Waals surface area (Å²) in [5.74, 6) is -0.0481. The number of carbonyl (C=O) groups is 3. The Morgan fingerprint density at radius 3 is 2.63 bits per heavy atom. The van der Waals surface area contributed by atoms with E-state index in [0.29, 0.717) is 59.9 Å². The van der Waals surface area contributed by atoms with Gasteiger partial charge in [-0.2, -0.15) is 0 Å². The molecule has 0 spiro atoms. The highest BCUT2D eigenvalue weighted by Gasteiger charge is 2.16. The lowest BCUT2D eigenvalue weighted by Crippen LogP contribution is -2.32. The molecule has 2 heterocycles. The van der Waals surface area contributed by atoms with Crippen molar-refractivity contribution in [2.24, 2.45) is 5.73 Å². The Morgan fingerprint density at radius 1 is 1.09 bits per heavy atom. The van der Waals surface area contributed by atoms with Crippen LogP contribution in [0.5, 0.6) is 0 Å². The molecule has 240 valence electrons. The van der Waals surface area contributed by atoms with Crippen LogP contribution in [0, 0.1) is 0 Å². The molecule has 46 heavy (non-hydrogen) atoms. The number of rotatable bonds is 12. The summed E-state index contributed by atoms with van der Waals surface area (Å²) in [5.41, 5.74) is 10.2. The number of nitrogens with zero attached hydrogens (tertiary/aromatic N) is 3. The van der Waals surface area contributed by atoms with Crippen molar-refractivity contribution in [3.63, 3.8) is 0 Å². The molecule has 0 atom stereocenters. The quantitative estimate of drug-likeness (QED) is 0.103. The van der Waals surface area contributed by atoms with Crippen LogP contribution in [0.4, 0.5) is 5.69 Å². The summed E-state index contributed by atoms with van der Waals surface area (Å²) in [4.78, 5) is 45.4. The summed E-state index contributed by atoms with van der Waals surface area (Å²) < 4.78 is 41.1. The van der Waals surface area contributed by atoms with Gasteiger partial charge >= 0.3 is 0 Å². The number of hydrogen-bond acceptors (Lipinski definition) is 9. The molecular weight excluding hydrogens is 612 g/mol. The van der Waals surface area contributed by atoms with E-state index >= 15 is 0 Å². The van der Waals surface area contributed by atoms with E-state index in [9.17, 15) is 27.4 Å². The number of aromatic amines is 1. The molecule has 4 N–H and O–H groups in total. The maximum absolute atomic E-state index is 12.6. The van der Waals surface area contributed by atoms with Crippen LogP contribution in [0.2, 0.25) is 0 Å². The van der Waals surface area contributed by atoms with Crippen molar-refractivity contribution in [3.8, 4) is 11.5 Å². The summed E-state index contributed by atoms with van der Waals surface area (Å²) in [6, 6.07) is 16.2. The van der Waals surface area contributed by atoms with E-state index in [0.717, 1.165) is 21.8 Å². The molecule has 0 radical (unpaired) electrons. The van der Waals surface area contributed by atoms with Crippen molar-refractivity contribution in [3.05, 3.63) is 77.3 Å². The van der Waals surface area contributed by atoms with Crippen LogP contribution in [-0.2, 0) is 26.1 Å². The molecule has 1 aromatic heterocycles. The van der Waals surface area contributed by atoms with Crippen LogP contribution in [0.25, 0.3) is 33.5 Å². The average Bonchev–Trinajstić information content (AvgIpc) is 3.44. The summed E-state index contributed by atoms with van der Waals surface area (Å²) in [7, 11) is -3.09. The zero-order chi connectivity index (χ0) is 33.0. The van der Waals surface area contributed by atoms with Gasteiger partial charge < -0.3 is 29.9 Å². The van der Waals surface area contributed by atoms with Crippen LogP contribution in [0.3, 0.4) is 0 Å². The molecule has 2 aliphatic rings. The monoisotopic (exact) mass is 646 g/mol. The first-order chi connectivity index (χ1) is 21.9. The number of hydrogen-bond donors (Lipinski definition) is 3. The standard InChI is InChI=1S/C32H34N6O7S/c1-3-38(15-12-31(40)46(42,43)44)23-6-9-27-29(18-23)45-28-17-22(5-8-26(28)36-27)37(2)14-11-30(39)34-13-10-21-19-35-25-7-4-20(32(33)41)16-24(21)25/h4-9,16-19H,3,10-15H2,1-2H3,(H4-,33,34,35,39,41,42,43,44). The zero-order valence-electron chi connectivity index (χ0n) is 25.4. The van der Waals surface area contributed by atoms with E-state index in [1.54, 1.807) is 35.2 Å². The Kier molecular flexibility index (Phi) is 9.49. The first-order valence-electron chi connectivity index (χ1n) is 14.7. The van der Waals surface area contributed by atoms with Crippen molar-refractivity contribution in [1.82, 2.24) is 19.9 Å². The maximum atomic E-state index is 12.6. The van der Waals surface area contributed by atoms with Crippen LogP contribution in [0.15, 0.2) is 65.2 Å². The lowest BCUT2D eigenvalue weighted by atomic mass is 10.1. The molecular formula is C32H34N6O7S. The first kappa shape index (κ1) is 32.3. The molecule has 0 fully saturated rings. The van der Waals surface area contributed by atoms with E-state index in [1.165, 1.54) is 0 Å². The fraction of sp³-hybridized carbons (Fsp3) is 0.281. The molecule has 1 aliphatic heterocycles. The van der Waals surface area contributed by atoms with Gasteiger partial charge in [0.25, 0.3) is 0 Å². The van der Waals surface area contributed by atoms with Crippen molar-refractivity contribution in [1.29, 1.82) is 0 Å². The molecule has 0 bridgehead atoms. The van der Waals surface area contributed by atoms with Crippen molar-refractivity contribution in [2.75, 3.05) is 38.1 Å². The summed E-state index contributed by atoms with van der Waals surface area (Å²) >= 11 is 0. The summed E-state index contributed by atoms with van der Waals surface area (Å²) in [6.45, 7) is 3.29. The van der Waals surface area contributed by atoms with Crippen molar-refractivity contribution in [2.45, 2.75) is 26.2 Å². The van der Waals surface area contributed by atoms with Gasteiger partial charge in [-0.1, -0.05) is 0 Å². The van der Waals surface area contributed by atoms with Crippen LogP contribution < -0.4 is 25.9 Å². The Bertz CT molecular complexity index is 2100. The lowest BCUT2D eigenvalue weighted by molar-refractivity contribution is -0.121. The highest BCUT2D eigenvalue weighted by molar-refractivity contribution is 8.01. The Morgan fingerprint density at radius 2 is 1.89 bits per heavy atom. The molecule has 2 amide bonds. The molecule has 3 aromatic rings. The number of amides is 2.